The minimum Gasteiger partial charge on any atom is -0.552 e. The Morgan fingerprint density at radius 2 is 2.21 bits per heavy atom. The van der Waals surface area contributed by atoms with E-state index in [1.165, 1.54) is 0 Å². The zero-order valence-electron chi connectivity index (χ0n) is 16.7. The number of benzene rings is 1. The van der Waals surface area contributed by atoms with Gasteiger partial charge in [-0.2, -0.15) is 11.2 Å². The molecular weight excluding hydrogens is 610 g/mol. The molecule has 0 atom stereocenters. The molecule has 148 valence electrons. The third kappa shape index (κ3) is 6.44. The standard InChI is InChI=1S/C22H23ClN4O.U/c1-3-10-24-15-17-8-11-26(12-9-17)22(28)16-27-20(4-2)14-21(25-27)18-6-5-7-19(23)13-18;/h5-8,10,13-14H,4,9,11-12,16H2,1-2H3;/q-2;+2. The summed E-state index contributed by atoms with van der Waals surface area (Å²) in [6.07, 6.45) is 10.9. The maximum Gasteiger partial charge on any atom is 2.00 e. The maximum atomic E-state index is 12.8. The normalized spacial score (nSPS) is 14.3. The quantitative estimate of drug-likeness (QED) is 0.354. The Hall–Kier alpha value is -1.61. The minimum absolute atomic E-state index is 0. The summed E-state index contributed by atoms with van der Waals surface area (Å²) >= 11 is 6.09. The summed E-state index contributed by atoms with van der Waals surface area (Å²) in [5.74, 6) is 0.0597. The van der Waals surface area contributed by atoms with E-state index >= 15 is 0 Å². The summed E-state index contributed by atoms with van der Waals surface area (Å²) in [5, 5.41) is 5.32. The summed E-state index contributed by atoms with van der Waals surface area (Å²) in [4.78, 5) is 18.6. The molecule has 0 saturated heterocycles. The van der Waals surface area contributed by atoms with E-state index in [4.69, 9.17) is 11.6 Å². The second kappa shape index (κ2) is 11.5. The van der Waals surface area contributed by atoms with Crippen LogP contribution in [0.1, 0.15) is 26.0 Å². The Balaban J connectivity index is 0.00000300. The van der Waals surface area contributed by atoms with Crippen LogP contribution in [0.2, 0.25) is 5.02 Å². The van der Waals surface area contributed by atoms with Gasteiger partial charge in [-0.05, 0) is 37.6 Å². The Bertz CT molecular complexity index is 933. The number of aryl methyl sites for hydroxylation is 1. The van der Waals surface area contributed by atoms with Crippen molar-refractivity contribution < 1.29 is 35.9 Å². The molecule has 0 radical (unpaired) electrons. The van der Waals surface area contributed by atoms with Gasteiger partial charge in [-0.3, -0.25) is 15.7 Å². The van der Waals surface area contributed by atoms with Crippen LogP contribution in [0, 0.1) is 37.2 Å². The van der Waals surface area contributed by atoms with E-state index in [2.05, 4.69) is 29.3 Å². The first-order valence-electron chi connectivity index (χ1n) is 9.35. The number of carbonyl (C=O) groups excluding carboxylic acids is 1. The molecule has 3 rings (SSSR count). The van der Waals surface area contributed by atoms with E-state index in [0.717, 1.165) is 35.4 Å². The molecule has 1 aliphatic heterocycles. The fourth-order valence-corrected chi connectivity index (χ4v) is 3.26. The van der Waals surface area contributed by atoms with Gasteiger partial charge < -0.3 is 16.0 Å². The minimum atomic E-state index is 0. The van der Waals surface area contributed by atoms with E-state index in [9.17, 15) is 4.79 Å². The third-order valence-electron chi connectivity index (χ3n) is 4.59. The zero-order valence-corrected chi connectivity index (χ0v) is 21.6. The fraction of sp³-hybridized carbons (Fsp3) is 0.318. The monoisotopic (exact) mass is 632 g/mol. The van der Waals surface area contributed by atoms with Crippen LogP contribution in [0.15, 0.2) is 53.2 Å². The summed E-state index contributed by atoms with van der Waals surface area (Å²) in [5.41, 5.74) is 3.83. The van der Waals surface area contributed by atoms with Gasteiger partial charge in [0.25, 0.3) is 0 Å². The van der Waals surface area contributed by atoms with Crippen molar-refractivity contribution in [3.63, 3.8) is 0 Å². The van der Waals surface area contributed by atoms with Crippen LogP contribution in [0.5, 0.6) is 0 Å². The van der Waals surface area contributed by atoms with Gasteiger partial charge in [0.05, 0.1) is 5.69 Å². The summed E-state index contributed by atoms with van der Waals surface area (Å²) < 4.78 is 1.80. The second-order valence-electron chi connectivity index (χ2n) is 6.52. The molecule has 1 aromatic carbocycles. The molecule has 1 aliphatic rings. The van der Waals surface area contributed by atoms with Gasteiger partial charge >= 0.3 is 31.1 Å². The Kier molecular flexibility index (Phi) is 9.42. The summed E-state index contributed by atoms with van der Waals surface area (Å²) in [7, 11) is 0. The molecule has 0 N–H and O–H groups in total. The topological polar surface area (TPSA) is 50.5 Å². The molecule has 2 heterocycles. The van der Waals surface area contributed by atoms with E-state index in [1.54, 1.807) is 17.8 Å². The molecule has 1 amide bonds. The Morgan fingerprint density at radius 3 is 2.86 bits per heavy atom. The molecular formula is C22H23ClN4OU. The summed E-state index contributed by atoms with van der Waals surface area (Å²) in [6.45, 7) is 5.32. The van der Waals surface area contributed by atoms with Gasteiger partial charge in [0.1, 0.15) is 6.54 Å². The molecule has 0 unspecified atom stereocenters. The predicted octanol–water partition coefficient (Wildman–Crippen LogP) is 4.21. The van der Waals surface area contributed by atoms with Crippen molar-refractivity contribution in [1.29, 1.82) is 0 Å². The van der Waals surface area contributed by atoms with Crippen LogP contribution in [0.3, 0.4) is 0 Å². The van der Waals surface area contributed by atoms with Crippen molar-refractivity contribution >= 4 is 23.7 Å². The third-order valence-corrected chi connectivity index (χ3v) is 4.83. The average molecular weight is 633 g/mol. The van der Waals surface area contributed by atoms with Gasteiger partial charge in [0, 0.05) is 22.8 Å². The smallest absolute Gasteiger partial charge is 0.552 e. The molecule has 7 heteroatoms. The molecule has 0 aliphatic carbocycles. The summed E-state index contributed by atoms with van der Waals surface area (Å²) in [6, 6.07) is 9.62. The van der Waals surface area contributed by atoms with Crippen LogP contribution in [0.4, 0.5) is 0 Å². The number of allylic oxidation sites excluding steroid dienone is 1. The number of nitrogens with zero attached hydrogens (tertiary/aromatic N) is 4. The largest absolute Gasteiger partial charge is 2.00 e. The van der Waals surface area contributed by atoms with Crippen molar-refractivity contribution in [1.82, 2.24) is 14.7 Å². The number of hydrogen-bond donors (Lipinski definition) is 0. The number of carbonyl (C=O) groups is 1. The maximum absolute atomic E-state index is 12.8. The van der Waals surface area contributed by atoms with E-state index in [1.807, 2.05) is 41.3 Å². The van der Waals surface area contributed by atoms with Gasteiger partial charge in [-0.1, -0.05) is 36.9 Å². The van der Waals surface area contributed by atoms with Gasteiger partial charge in [0.15, 0.2) is 0 Å². The van der Waals surface area contributed by atoms with E-state index in [0.29, 0.717) is 18.1 Å². The van der Waals surface area contributed by atoms with Crippen LogP contribution >= 0.6 is 11.6 Å². The van der Waals surface area contributed by atoms with Crippen LogP contribution < -0.4 is 0 Å². The van der Waals surface area contributed by atoms with Gasteiger partial charge in [-0.25, -0.2) is 6.92 Å². The van der Waals surface area contributed by atoms with Crippen molar-refractivity contribution in [3.05, 3.63) is 65.0 Å². The average Bonchev–Trinajstić information content (AvgIpc) is 3.11. The number of rotatable bonds is 6. The molecule has 5 nitrogen and oxygen atoms in total. The number of aliphatic imine (C=N–C) groups is 1. The van der Waals surface area contributed by atoms with Crippen molar-refractivity contribution in [2.24, 2.45) is 4.99 Å². The molecule has 0 fully saturated rings. The number of hydrogen-bond acceptors (Lipinski definition) is 3. The fourth-order valence-electron chi connectivity index (χ4n) is 3.07. The van der Waals surface area contributed by atoms with Crippen LogP contribution in [-0.2, 0) is 17.8 Å². The molecule has 29 heavy (non-hydrogen) atoms. The Morgan fingerprint density at radius 1 is 1.38 bits per heavy atom. The SMILES string of the molecule is C[C-]=CN=[C-]C1=CCN(C(=O)Cn2nc(-c3cccc(Cl)c3)cc2CC)CC1.[U+2]. The van der Waals surface area contributed by atoms with E-state index < -0.39 is 0 Å². The van der Waals surface area contributed by atoms with Crippen molar-refractivity contribution in [2.75, 3.05) is 13.1 Å². The number of aromatic nitrogens is 2. The molecule has 0 bridgehead atoms. The van der Waals surface area contributed by atoms with Crippen molar-refractivity contribution in [3.8, 4) is 11.3 Å². The molecule has 0 saturated carbocycles. The number of amides is 1. The Labute approximate surface area is 200 Å². The predicted molar refractivity (Wildman–Crippen MR) is 112 cm³/mol. The first-order valence-corrected chi connectivity index (χ1v) is 9.72. The van der Waals surface area contributed by atoms with Crippen LogP contribution in [0.25, 0.3) is 11.3 Å². The van der Waals surface area contributed by atoms with Crippen molar-refractivity contribution in [2.45, 2.75) is 33.2 Å². The van der Waals surface area contributed by atoms with Gasteiger partial charge in [0.2, 0.25) is 5.91 Å². The second-order valence-corrected chi connectivity index (χ2v) is 6.96. The molecule has 1 aromatic heterocycles. The molecule has 0 spiro atoms. The van der Waals surface area contributed by atoms with Gasteiger partial charge in [-0.15, -0.1) is 5.57 Å². The van der Waals surface area contributed by atoms with E-state index in [-0.39, 0.29) is 43.6 Å². The molecule has 2 aromatic rings. The zero-order chi connectivity index (χ0) is 19.9. The number of halogens is 1. The first kappa shape index (κ1) is 23.7. The first-order chi connectivity index (χ1) is 13.6. The van der Waals surface area contributed by atoms with Crippen LogP contribution in [-0.4, -0.2) is 39.9 Å².